The van der Waals surface area contributed by atoms with Crippen molar-refractivity contribution >= 4 is 11.1 Å². The van der Waals surface area contributed by atoms with Crippen LogP contribution in [0.1, 0.15) is 5.56 Å². The highest BCUT2D eigenvalue weighted by Gasteiger charge is 2.09. The molecule has 0 spiro atoms. The molecule has 16 heavy (non-hydrogen) atoms. The van der Waals surface area contributed by atoms with Gasteiger partial charge in [0.1, 0.15) is 11.8 Å². The van der Waals surface area contributed by atoms with Crippen molar-refractivity contribution in [2.24, 2.45) is 0 Å². The number of hydrogen-bond acceptors (Lipinski definition) is 4. The average Bonchev–Trinajstić information content (AvgIpc) is 2.81. The van der Waals surface area contributed by atoms with Gasteiger partial charge in [-0.1, -0.05) is 0 Å². The Morgan fingerprint density at radius 2 is 2.06 bits per heavy atom. The molecule has 1 aromatic carbocycles. The minimum Gasteiger partial charge on any atom is -0.302 e. The molecule has 0 aliphatic rings. The number of benzene rings is 1. The molecule has 0 saturated carbocycles. The fourth-order valence-electron chi connectivity index (χ4n) is 1.23. The molecular weight excluding hydrogens is 228 g/mol. The molecule has 1 aromatic heterocycles. The van der Waals surface area contributed by atoms with Gasteiger partial charge in [0.05, 0.1) is 22.9 Å². The maximum Gasteiger partial charge on any atom is 0.186 e. The van der Waals surface area contributed by atoms with Crippen molar-refractivity contribution < 1.29 is 8.76 Å². The Bertz CT molecular complexity index is 574. The third kappa shape index (κ3) is 1.84. The van der Waals surface area contributed by atoms with Crippen LogP contribution in [-0.4, -0.2) is 23.8 Å². The Kier molecular flexibility index (Phi) is 2.76. The van der Waals surface area contributed by atoms with Gasteiger partial charge in [-0.2, -0.15) is 20.3 Å². The first kappa shape index (κ1) is 10.5. The van der Waals surface area contributed by atoms with Gasteiger partial charge < -0.3 is 4.55 Å². The Morgan fingerprint density at radius 3 is 2.62 bits per heavy atom. The highest BCUT2D eigenvalue weighted by molar-refractivity contribution is 7.79. The van der Waals surface area contributed by atoms with E-state index in [2.05, 4.69) is 10.2 Å². The Hall–Kier alpha value is -2.04. The van der Waals surface area contributed by atoms with Crippen molar-refractivity contribution in [1.82, 2.24) is 15.0 Å². The second kappa shape index (κ2) is 4.22. The van der Waals surface area contributed by atoms with Crippen LogP contribution in [0.5, 0.6) is 0 Å². The van der Waals surface area contributed by atoms with Crippen LogP contribution in [0.4, 0.5) is 0 Å². The minimum absolute atomic E-state index is 0.174. The second-order valence-electron chi connectivity index (χ2n) is 2.86. The summed E-state index contributed by atoms with van der Waals surface area (Å²) in [5.41, 5.74) is 0.720. The number of nitriles is 1. The first-order valence-corrected chi connectivity index (χ1v) is 5.35. The van der Waals surface area contributed by atoms with Gasteiger partial charge in [-0.05, 0) is 18.2 Å². The van der Waals surface area contributed by atoms with E-state index >= 15 is 0 Å². The predicted molar refractivity (Wildman–Crippen MR) is 55.1 cm³/mol. The van der Waals surface area contributed by atoms with E-state index in [4.69, 9.17) is 9.81 Å². The van der Waals surface area contributed by atoms with Crippen LogP contribution in [0.15, 0.2) is 35.5 Å². The molecule has 0 bridgehead atoms. The Balaban J connectivity index is 2.57. The topological polar surface area (TPSA) is 91.8 Å². The lowest BCUT2D eigenvalue weighted by Gasteiger charge is -2.03. The van der Waals surface area contributed by atoms with Gasteiger partial charge in [-0.25, -0.2) is 4.21 Å². The van der Waals surface area contributed by atoms with Crippen molar-refractivity contribution in [2.75, 3.05) is 0 Å². The van der Waals surface area contributed by atoms with Gasteiger partial charge in [0.15, 0.2) is 11.1 Å². The second-order valence-corrected chi connectivity index (χ2v) is 3.83. The lowest BCUT2D eigenvalue weighted by molar-refractivity contribution is 0.564. The lowest BCUT2D eigenvalue weighted by Crippen LogP contribution is -2.02. The quantitative estimate of drug-likeness (QED) is 0.773. The van der Waals surface area contributed by atoms with E-state index in [1.807, 2.05) is 6.07 Å². The standard InChI is InChI=1S/C9H6N4O2S/c10-6-7-5-8(16(14)15)1-2-9(7)13-11-3-4-12-13/h1-5H,(H,14,15). The third-order valence-corrected chi connectivity index (χ3v) is 2.58. The maximum atomic E-state index is 10.8. The zero-order chi connectivity index (χ0) is 11.5. The van der Waals surface area contributed by atoms with Crippen molar-refractivity contribution in [3.63, 3.8) is 0 Å². The Labute approximate surface area is 93.4 Å². The number of hydrogen-bond donors (Lipinski definition) is 1. The summed E-state index contributed by atoms with van der Waals surface area (Å²) in [6.45, 7) is 0. The number of nitrogens with zero attached hydrogens (tertiary/aromatic N) is 4. The van der Waals surface area contributed by atoms with Crippen molar-refractivity contribution in [3.8, 4) is 11.8 Å². The third-order valence-electron chi connectivity index (χ3n) is 1.92. The zero-order valence-corrected chi connectivity index (χ0v) is 8.76. The smallest absolute Gasteiger partial charge is 0.186 e. The van der Waals surface area contributed by atoms with Crippen LogP contribution in [0.3, 0.4) is 0 Å². The molecule has 0 amide bonds. The van der Waals surface area contributed by atoms with Crippen LogP contribution >= 0.6 is 0 Å². The molecule has 0 aliphatic heterocycles. The number of aromatic nitrogens is 3. The molecule has 2 aromatic rings. The fraction of sp³-hybridized carbons (Fsp3) is 0. The molecule has 6 nitrogen and oxygen atoms in total. The van der Waals surface area contributed by atoms with Gasteiger partial charge in [-0.3, -0.25) is 0 Å². The summed E-state index contributed by atoms with van der Waals surface area (Å²) in [5, 5.41) is 16.7. The molecule has 1 heterocycles. The molecule has 2 rings (SSSR count). The van der Waals surface area contributed by atoms with E-state index in [-0.39, 0.29) is 10.5 Å². The van der Waals surface area contributed by atoms with Crippen molar-refractivity contribution in [1.29, 1.82) is 5.26 Å². The minimum atomic E-state index is -2.10. The summed E-state index contributed by atoms with van der Waals surface area (Å²) in [6.07, 6.45) is 2.97. The highest BCUT2D eigenvalue weighted by atomic mass is 32.2. The van der Waals surface area contributed by atoms with Crippen LogP contribution in [0.25, 0.3) is 5.69 Å². The maximum absolute atomic E-state index is 10.8. The number of rotatable bonds is 2. The van der Waals surface area contributed by atoms with Gasteiger partial charge >= 0.3 is 0 Å². The summed E-state index contributed by atoms with van der Waals surface area (Å²) in [5.74, 6) is 0. The molecule has 1 N–H and O–H groups in total. The molecule has 80 valence electrons. The van der Waals surface area contributed by atoms with E-state index in [0.29, 0.717) is 5.69 Å². The first-order chi connectivity index (χ1) is 7.72. The largest absolute Gasteiger partial charge is 0.302 e. The lowest BCUT2D eigenvalue weighted by atomic mass is 10.2. The monoisotopic (exact) mass is 234 g/mol. The highest BCUT2D eigenvalue weighted by Crippen LogP contribution is 2.15. The Morgan fingerprint density at radius 1 is 1.38 bits per heavy atom. The van der Waals surface area contributed by atoms with Crippen LogP contribution in [0, 0.1) is 11.3 Å². The van der Waals surface area contributed by atoms with Gasteiger partial charge in [0.25, 0.3) is 0 Å². The van der Waals surface area contributed by atoms with Gasteiger partial charge in [-0.15, -0.1) is 0 Å². The average molecular weight is 234 g/mol. The summed E-state index contributed by atoms with van der Waals surface area (Å²) in [6, 6.07) is 6.26. The predicted octanol–water partition coefficient (Wildman–Crippen LogP) is 0.720. The summed E-state index contributed by atoms with van der Waals surface area (Å²) >= 11 is -2.10. The summed E-state index contributed by atoms with van der Waals surface area (Å²) in [7, 11) is 0. The SMILES string of the molecule is N#Cc1cc(S(=O)O)ccc1-n1nccn1. The van der Waals surface area contributed by atoms with E-state index in [1.165, 1.54) is 35.4 Å². The normalized spacial score (nSPS) is 12.0. The van der Waals surface area contributed by atoms with Gasteiger partial charge in [0, 0.05) is 0 Å². The van der Waals surface area contributed by atoms with Crippen LogP contribution < -0.4 is 0 Å². The molecule has 1 atom stereocenters. The fourth-order valence-corrected chi connectivity index (χ4v) is 1.63. The zero-order valence-electron chi connectivity index (χ0n) is 7.94. The van der Waals surface area contributed by atoms with E-state index in [0.717, 1.165) is 0 Å². The van der Waals surface area contributed by atoms with E-state index in [9.17, 15) is 4.21 Å². The molecule has 0 saturated heterocycles. The molecule has 0 aliphatic carbocycles. The molecular formula is C9H6N4O2S. The van der Waals surface area contributed by atoms with Crippen molar-refractivity contribution in [2.45, 2.75) is 4.90 Å². The van der Waals surface area contributed by atoms with Crippen molar-refractivity contribution in [3.05, 3.63) is 36.2 Å². The van der Waals surface area contributed by atoms with Gasteiger partial charge in [0.2, 0.25) is 0 Å². The molecule has 1 unspecified atom stereocenters. The summed E-state index contributed by atoms with van der Waals surface area (Å²) in [4.78, 5) is 1.45. The molecule has 0 radical (unpaired) electrons. The van der Waals surface area contributed by atoms with E-state index in [1.54, 1.807) is 0 Å². The first-order valence-electron chi connectivity index (χ1n) is 4.24. The molecule has 0 fully saturated rings. The summed E-state index contributed by atoms with van der Waals surface area (Å²) < 4.78 is 19.7. The molecule has 7 heteroatoms. The van der Waals surface area contributed by atoms with Crippen LogP contribution in [-0.2, 0) is 11.1 Å². The van der Waals surface area contributed by atoms with E-state index < -0.39 is 11.1 Å². The van der Waals surface area contributed by atoms with Crippen LogP contribution in [0.2, 0.25) is 0 Å².